The average molecular weight is 426 g/mol. The number of piperidine rings is 1. The number of amides is 2. The molecule has 158 valence electrons. The van der Waals surface area contributed by atoms with E-state index in [1.165, 1.54) is 0 Å². The van der Waals surface area contributed by atoms with Crippen LogP contribution in [-0.2, 0) is 23.9 Å². The van der Waals surface area contributed by atoms with Crippen molar-refractivity contribution in [2.24, 2.45) is 0 Å². The fourth-order valence-electron chi connectivity index (χ4n) is 3.41. The van der Waals surface area contributed by atoms with Gasteiger partial charge in [0.2, 0.25) is 0 Å². The van der Waals surface area contributed by atoms with E-state index in [9.17, 15) is 19.2 Å². The molecule has 2 aliphatic heterocycles. The molecule has 0 aliphatic carbocycles. The van der Waals surface area contributed by atoms with Gasteiger partial charge in [-0.15, -0.1) is 12.4 Å². The van der Waals surface area contributed by atoms with E-state index < -0.39 is 30.0 Å². The van der Waals surface area contributed by atoms with Gasteiger partial charge in [-0.3, -0.25) is 19.3 Å². The first-order chi connectivity index (χ1) is 13.5. The Morgan fingerprint density at radius 3 is 2.34 bits per heavy atom. The summed E-state index contributed by atoms with van der Waals surface area (Å²) in [4.78, 5) is 51.6. The molecule has 0 saturated carbocycles. The van der Waals surface area contributed by atoms with Gasteiger partial charge in [0.05, 0.1) is 0 Å². The maximum Gasteiger partial charge on any atom is 0.376 e. The molecule has 10 heteroatoms. The maximum absolute atomic E-state index is 12.7. The molecule has 0 bridgehead atoms. The normalized spacial score (nSPS) is 18.7. The average Bonchev–Trinajstić information content (AvgIpc) is 2.69. The van der Waals surface area contributed by atoms with Crippen LogP contribution < -0.4 is 10.1 Å². The van der Waals surface area contributed by atoms with Crippen molar-refractivity contribution in [3.63, 3.8) is 0 Å². The van der Waals surface area contributed by atoms with Crippen LogP contribution in [0.4, 0.5) is 0 Å². The summed E-state index contributed by atoms with van der Waals surface area (Å²) in [7, 11) is 0. The molecule has 3 rings (SSSR count). The molecule has 2 saturated heterocycles. The van der Waals surface area contributed by atoms with Gasteiger partial charge in [-0.25, -0.2) is 4.79 Å². The number of nitrogens with zero attached hydrogens (tertiary/aromatic N) is 2. The molecule has 0 radical (unpaired) electrons. The lowest BCUT2D eigenvalue weighted by Crippen LogP contribution is -2.63. The van der Waals surface area contributed by atoms with Crippen LogP contribution in [-0.4, -0.2) is 72.0 Å². The Morgan fingerprint density at radius 2 is 1.72 bits per heavy atom. The van der Waals surface area contributed by atoms with Gasteiger partial charge in [0.15, 0.2) is 0 Å². The highest BCUT2D eigenvalue weighted by Gasteiger charge is 2.43. The lowest BCUT2D eigenvalue weighted by atomic mass is 10.0. The van der Waals surface area contributed by atoms with Crippen LogP contribution in [0.25, 0.3) is 0 Å². The van der Waals surface area contributed by atoms with Gasteiger partial charge in [0, 0.05) is 26.1 Å². The molecular weight excluding hydrogens is 402 g/mol. The molecule has 2 aliphatic rings. The van der Waals surface area contributed by atoms with Crippen LogP contribution in [0.3, 0.4) is 0 Å². The van der Waals surface area contributed by atoms with Crippen molar-refractivity contribution in [1.29, 1.82) is 0 Å². The van der Waals surface area contributed by atoms with Crippen molar-refractivity contribution in [2.75, 3.05) is 26.2 Å². The number of hydrogen-bond donors (Lipinski definition) is 1. The highest BCUT2D eigenvalue weighted by atomic mass is 35.5. The Bertz CT molecular complexity index is 754. The van der Waals surface area contributed by atoms with Crippen molar-refractivity contribution in [1.82, 2.24) is 15.1 Å². The Balaban J connectivity index is 0.00000300. The van der Waals surface area contributed by atoms with E-state index >= 15 is 0 Å². The van der Waals surface area contributed by atoms with Crippen LogP contribution in [0, 0.1) is 0 Å². The molecule has 1 unspecified atom stereocenters. The predicted octanol–water partition coefficient (Wildman–Crippen LogP) is 0.326. The fourth-order valence-corrected chi connectivity index (χ4v) is 3.41. The van der Waals surface area contributed by atoms with Gasteiger partial charge in [-0.2, -0.15) is 0 Å². The molecule has 29 heavy (non-hydrogen) atoms. The first-order valence-electron chi connectivity index (χ1n) is 9.23. The number of ether oxygens (including phenoxy) is 2. The summed E-state index contributed by atoms with van der Waals surface area (Å²) in [6.07, 6.45) is 0.0305. The van der Waals surface area contributed by atoms with E-state index in [-0.39, 0.29) is 31.5 Å². The van der Waals surface area contributed by atoms with E-state index in [0.717, 1.165) is 37.8 Å². The molecular formula is C19H24ClN3O6. The zero-order chi connectivity index (χ0) is 20.1. The van der Waals surface area contributed by atoms with E-state index in [4.69, 9.17) is 4.74 Å². The number of esters is 2. The van der Waals surface area contributed by atoms with Crippen LogP contribution in [0.5, 0.6) is 5.75 Å². The first-order valence-corrected chi connectivity index (χ1v) is 9.23. The van der Waals surface area contributed by atoms with E-state index in [2.05, 4.69) is 10.1 Å². The number of benzene rings is 1. The van der Waals surface area contributed by atoms with Gasteiger partial charge in [-0.05, 0) is 38.1 Å². The maximum atomic E-state index is 12.7. The second-order valence-corrected chi connectivity index (χ2v) is 6.67. The van der Waals surface area contributed by atoms with Crippen LogP contribution in [0.2, 0.25) is 0 Å². The number of carbonyl (C=O) groups excluding carboxylic acids is 4. The molecule has 1 aromatic carbocycles. The Labute approximate surface area is 174 Å². The fraction of sp³-hybridized carbons (Fsp3) is 0.474. The van der Waals surface area contributed by atoms with Gasteiger partial charge in [0.25, 0.3) is 6.23 Å². The Kier molecular flexibility index (Phi) is 7.98. The smallest absolute Gasteiger partial charge is 0.376 e. The summed E-state index contributed by atoms with van der Waals surface area (Å²) >= 11 is 0. The third-order valence-corrected chi connectivity index (χ3v) is 4.76. The van der Waals surface area contributed by atoms with Gasteiger partial charge in [0.1, 0.15) is 5.75 Å². The zero-order valence-corrected chi connectivity index (χ0v) is 16.9. The lowest BCUT2D eigenvalue weighted by Gasteiger charge is -2.41. The number of halogens is 1. The molecule has 2 amide bonds. The van der Waals surface area contributed by atoms with Crippen LogP contribution in [0.15, 0.2) is 30.3 Å². The molecule has 1 aromatic rings. The highest BCUT2D eigenvalue weighted by molar-refractivity contribution is 6.35. The van der Waals surface area contributed by atoms with Gasteiger partial charge < -0.3 is 19.7 Å². The summed E-state index contributed by atoms with van der Waals surface area (Å²) in [5.41, 5.74) is 0. The van der Waals surface area contributed by atoms with Crippen LogP contribution in [0.1, 0.15) is 19.8 Å². The number of piperazine rings is 1. The predicted molar refractivity (Wildman–Crippen MR) is 104 cm³/mol. The number of hydrogen-bond acceptors (Lipinski definition) is 7. The minimum atomic E-state index is -1.52. The molecule has 0 spiro atoms. The minimum Gasteiger partial charge on any atom is -0.459 e. The Morgan fingerprint density at radius 1 is 1.07 bits per heavy atom. The quantitative estimate of drug-likeness (QED) is 0.411. The summed E-state index contributed by atoms with van der Waals surface area (Å²) in [5.74, 6) is -3.05. The van der Waals surface area contributed by atoms with Gasteiger partial charge in [-0.1, -0.05) is 18.2 Å². The summed E-state index contributed by atoms with van der Waals surface area (Å²) in [5, 5.41) is 3.22. The van der Waals surface area contributed by atoms with E-state index in [1.54, 1.807) is 35.2 Å². The summed E-state index contributed by atoms with van der Waals surface area (Å²) in [6, 6.07) is 8.37. The molecule has 1 N–H and O–H groups in total. The van der Waals surface area contributed by atoms with Crippen molar-refractivity contribution in [2.45, 2.75) is 32.0 Å². The standard InChI is InChI=1S/C19H23N3O6.ClH/c1-13(23)27-19(26)18(28-15-5-3-2-4-6-15)22-12-11-21(16(24)17(22)25)14-7-9-20-10-8-14;/h2-6,14,18,20H,7-12H2,1H3;1H. The Hall–Kier alpha value is -2.65. The number of para-hydroxylation sites is 1. The SMILES string of the molecule is CC(=O)OC(=O)C(Oc1ccccc1)N1CCN(C2CCNCC2)C(=O)C1=O.Cl. The molecule has 0 aromatic heterocycles. The molecule has 2 heterocycles. The highest BCUT2D eigenvalue weighted by Crippen LogP contribution is 2.20. The van der Waals surface area contributed by atoms with E-state index in [0.29, 0.717) is 5.75 Å². The number of nitrogens with one attached hydrogen (secondary N) is 1. The van der Waals surface area contributed by atoms with Crippen molar-refractivity contribution in [3.8, 4) is 5.75 Å². The van der Waals surface area contributed by atoms with Crippen molar-refractivity contribution < 1.29 is 28.7 Å². The number of carbonyl (C=O) groups is 4. The summed E-state index contributed by atoms with van der Waals surface area (Å²) in [6.45, 7) is 3.06. The van der Waals surface area contributed by atoms with Crippen molar-refractivity contribution in [3.05, 3.63) is 30.3 Å². The molecule has 9 nitrogen and oxygen atoms in total. The monoisotopic (exact) mass is 425 g/mol. The van der Waals surface area contributed by atoms with Gasteiger partial charge >= 0.3 is 23.8 Å². The van der Waals surface area contributed by atoms with Crippen LogP contribution >= 0.6 is 12.4 Å². The van der Waals surface area contributed by atoms with Crippen molar-refractivity contribution >= 4 is 36.2 Å². The second kappa shape index (κ2) is 10.2. The zero-order valence-electron chi connectivity index (χ0n) is 16.0. The third kappa shape index (κ3) is 5.45. The third-order valence-electron chi connectivity index (χ3n) is 4.76. The first kappa shape index (κ1) is 22.6. The second-order valence-electron chi connectivity index (χ2n) is 6.67. The van der Waals surface area contributed by atoms with E-state index in [1.807, 2.05) is 0 Å². The summed E-state index contributed by atoms with van der Waals surface area (Å²) < 4.78 is 10.2. The largest absolute Gasteiger partial charge is 0.459 e. The topological polar surface area (TPSA) is 105 Å². The lowest BCUT2D eigenvalue weighted by molar-refractivity contribution is -0.178. The number of rotatable bonds is 5. The minimum absolute atomic E-state index is 0. The molecule has 1 atom stereocenters. The molecule has 2 fully saturated rings.